The fourth-order valence-corrected chi connectivity index (χ4v) is 2.92. The second kappa shape index (κ2) is 9.38. The van der Waals surface area contributed by atoms with Gasteiger partial charge in [0.2, 0.25) is 5.91 Å². The summed E-state index contributed by atoms with van der Waals surface area (Å²) in [6.45, 7) is 7.66. The van der Waals surface area contributed by atoms with Crippen molar-refractivity contribution in [2.45, 2.75) is 32.6 Å². The predicted octanol–water partition coefficient (Wildman–Crippen LogP) is 3.36. The molecule has 0 spiro atoms. The number of nitrogens with one attached hydrogen (secondary N) is 2. The SMILES string of the molecule is CC(C)(C)c1ccc(OCCNC(=O)CCNC(=O)c2cccs2)cc1. The van der Waals surface area contributed by atoms with E-state index in [1.807, 2.05) is 23.6 Å². The fourth-order valence-electron chi connectivity index (χ4n) is 2.28. The van der Waals surface area contributed by atoms with E-state index in [0.717, 1.165) is 5.75 Å². The Morgan fingerprint density at radius 3 is 2.38 bits per heavy atom. The second-order valence-corrected chi connectivity index (χ2v) is 7.90. The van der Waals surface area contributed by atoms with Crippen LogP contribution in [-0.4, -0.2) is 31.5 Å². The van der Waals surface area contributed by atoms with Gasteiger partial charge in [0.15, 0.2) is 0 Å². The molecule has 0 saturated carbocycles. The zero-order valence-corrected chi connectivity index (χ0v) is 16.3. The van der Waals surface area contributed by atoms with E-state index in [-0.39, 0.29) is 23.7 Å². The predicted molar refractivity (Wildman–Crippen MR) is 105 cm³/mol. The van der Waals surface area contributed by atoms with Crippen LogP contribution in [0.5, 0.6) is 5.75 Å². The smallest absolute Gasteiger partial charge is 0.261 e. The van der Waals surface area contributed by atoms with Crippen LogP contribution in [-0.2, 0) is 10.2 Å². The van der Waals surface area contributed by atoms with E-state index in [1.165, 1.54) is 16.9 Å². The van der Waals surface area contributed by atoms with Crippen LogP contribution in [0.25, 0.3) is 0 Å². The molecule has 0 radical (unpaired) electrons. The molecule has 1 heterocycles. The number of benzene rings is 1. The molecule has 0 unspecified atom stereocenters. The summed E-state index contributed by atoms with van der Waals surface area (Å²) >= 11 is 1.38. The van der Waals surface area contributed by atoms with Crippen LogP contribution >= 0.6 is 11.3 Å². The molecule has 1 aromatic heterocycles. The van der Waals surface area contributed by atoms with Crippen molar-refractivity contribution >= 4 is 23.2 Å². The van der Waals surface area contributed by atoms with Gasteiger partial charge in [-0.05, 0) is 34.6 Å². The first-order valence-electron chi connectivity index (χ1n) is 8.68. The number of carbonyl (C=O) groups excluding carboxylic acids is 2. The standard InChI is InChI=1S/C20H26N2O3S/c1-20(2,3)15-6-8-16(9-7-15)25-13-12-21-18(23)10-11-22-19(24)17-5-4-14-26-17/h4-9,14H,10-13H2,1-3H3,(H,21,23)(H,22,24). The minimum atomic E-state index is -0.144. The van der Waals surface area contributed by atoms with Gasteiger partial charge in [-0.25, -0.2) is 0 Å². The van der Waals surface area contributed by atoms with Gasteiger partial charge in [0, 0.05) is 13.0 Å². The second-order valence-electron chi connectivity index (χ2n) is 6.96. The van der Waals surface area contributed by atoms with E-state index in [0.29, 0.717) is 24.6 Å². The molecule has 0 atom stereocenters. The monoisotopic (exact) mass is 374 g/mol. The lowest BCUT2D eigenvalue weighted by Crippen LogP contribution is -2.32. The summed E-state index contributed by atoms with van der Waals surface area (Å²) in [5.41, 5.74) is 1.37. The van der Waals surface area contributed by atoms with E-state index in [4.69, 9.17) is 4.74 Å². The molecule has 2 aromatic rings. The average Bonchev–Trinajstić information content (AvgIpc) is 3.13. The highest BCUT2D eigenvalue weighted by Gasteiger charge is 2.13. The van der Waals surface area contributed by atoms with Crippen LogP contribution in [0, 0.1) is 0 Å². The summed E-state index contributed by atoms with van der Waals surface area (Å²) in [6.07, 6.45) is 0.247. The highest BCUT2D eigenvalue weighted by Crippen LogP contribution is 2.24. The fraction of sp³-hybridized carbons (Fsp3) is 0.400. The zero-order chi connectivity index (χ0) is 19.0. The van der Waals surface area contributed by atoms with Crippen LogP contribution in [0.15, 0.2) is 41.8 Å². The van der Waals surface area contributed by atoms with Gasteiger partial charge in [-0.1, -0.05) is 39.0 Å². The normalized spacial score (nSPS) is 11.0. The molecule has 0 fully saturated rings. The Morgan fingerprint density at radius 1 is 1.04 bits per heavy atom. The highest BCUT2D eigenvalue weighted by molar-refractivity contribution is 7.12. The van der Waals surface area contributed by atoms with Crippen molar-refractivity contribution in [1.29, 1.82) is 0 Å². The van der Waals surface area contributed by atoms with Crippen molar-refractivity contribution in [2.24, 2.45) is 0 Å². The number of hydrogen-bond acceptors (Lipinski definition) is 4. The van der Waals surface area contributed by atoms with E-state index >= 15 is 0 Å². The topological polar surface area (TPSA) is 67.4 Å². The van der Waals surface area contributed by atoms with Gasteiger partial charge in [0.1, 0.15) is 12.4 Å². The molecule has 6 heteroatoms. The largest absolute Gasteiger partial charge is 0.492 e. The van der Waals surface area contributed by atoms with Gasteiger partial charge in [-0.15, -0.1) is 11.3 Å². The Balaban J connectivity index is 1.59. The van der Waals surface area contributed by atoms with Gasteiger partial charge >= 0.3 is 0 Å². The van der Waals surface area contributed by atoms with E-state index in [2.05, 4.69) is 43.5 Å². The van der Waals surface area contributed by atoms with Crippen LogP contribution in [0.4, 0.5) is 0 Å². The minimum absolute atomic E-state index is 0.108. The summed E-state index contributed by atoms with van der Waals surface area (Å²) in [7, 11) is 0. The first-order chi connectivity index (χ1) is 12.4. The molecule has 2 N–H and O–H groups in total. The quantitative estimate of drug-likeness (QED) is 0.696. The number of amides is 2. The Hall–Kier alpha value is -2.34. The van der Waals surface area contributed by atoms with Gasteiger partial charge < -0.3 is 15.4 Å². The molecule has 0 saturated heterocycles. The number of carbonyl (C=O) groups is 2. The summed E-state index contributed by atoms with van der Waals surface area (Å²) in [5.74, 6) is 0.536. The average molecular weight is 375 g/mol. The highest BCUT2D eigenvalue weighted by atomic mass is 32.1. The lowest BCUT2D eigenvalue weighted by molar-refractivity contribution is -0.121. The molecular weight excluding hydrogens is 348 g/mol. The van der Waals surface area contributed by atoms with E-state index in [1.54, 1.807) is 6.07 Å². The van der Waals surface area contributed by atoms with Gasteiger partial charge in [0.25, 0.3) is 5.91 Å². The molecule has 2 rings (SSSR count). The Bertz CT molecular complexity index is 704. The first kappa shape index (κ1) is 20.0. The molecule has 140 valence electrons. The maximum Gasteiger partial charge on any atom is 0.261 e. The van der Waals surface area contributed by atoms with Crippen molar-refractivity contribution < 1.29 is 14.3 Å². The molecule has 0 aliphatic rings. The zero-order valence-electron chi connectivity index (χ0n) is 15.5. The Labute approximate surface area is 158 Å². The molecule has 0 aliphatic carbocycles. The number of hydrogen-bond donors (Lipinski definition) is 2. The Morgan fingerprint density at radius 2 is 1.77 bits per heavy atom. The lowest BCUT2D eigenvalue weighted by Gasteiger charge is -2.19. The third-order valence-electron chi connectivity index (χ3n) is 3.80. The van der Waals surface area contributed by atoms with Crippen molar-refractivity contribution in [3.8, 4) is 5.75 Å². The number of rotatable bonds is 8. The van der Waals surface area contributed by atoms with Gasteiger partial charge in [-0.2, -0.15) is 0 Å². The molecule has 1 aromatic carbocycles. The summed E-state index contributed by atoms with van der Waals surface area (Å²) in [5, 5.41) is 7.36. The third kappa shape index (κ3) is 6.52. The summed E-state index contributed by atoms with van der Waals surface area (Å²) in [4.78, 5) is 24.1. The summed E-state index contributed by atoms with van der Waals surface area (Å²) in [6, 6.07) is 11.6. The van der Waals surface area contributed by atoms with Crippen molar-refractivity contribution in [1.82, 2.24) is 10.6 Å². The lowest BCUT2D eigenvalue weighted by atomic mass is 9.87. The van der Waals surface area contributed by atoms with E-state index in [9.17, 15) is 9.59 Å². The molecule has 26 heavy (non-hydrogen) atoms. The maximum atomic E-state index is 11.8. The Kier molecular flexibility index (Phi) is 7.21. The van der Waals surface area contributed by atoms with Crippen LogP contribution in [0.1, 0.15) is 42.4 Å². The minimum Gasteiger partial charge on any atom is -0.492 e. The molecular formula is C20H26N2O3S. The first-order valence-corrected chi connectivity index (χ1v) is 9.56. The van der Waals surface area contributed by atoms with Crippen LogP contribution < -0.4 is 15.4 Å². The van der Waals surface area contributed by atoms with Crippen LogP contribution in [0.2, 0.25) is 0 Å². The van der Waals surface area contributed by atoms with Crippen LogP contribution in [0.3, 0.4) is 0 Å². The maximum absolute atomic E-state index is 11.8. The molecule has 5 nitrogen and oxygen atoms in total. The number of ether oxygens (including phenoxy) is 1. The molecule has 0 aliphatic heterocycles. The summed E-state index contributed by atoms with van der Waals surface area (Å²) < 4.78 is 5.63. The van der Waals surface area contributed by atoms with Gasteiger partial charge in [-0.3, -0.25) is 9.59 Å². The van der Waals surface area contributed by atoms with Gasteiger partial charge in [0.05, 0.1) is 11.4 Å². The van der Waals surface area contributed by atoms with Crippen molar-refractivity contribution in [3.05, 3.63) is 52.2 Å². The molecule has 2 amide bonds. The van der Waals surface area contributed by atoms with E-state index < -0.39 is 0 Å². The number of thiophene rings is 1. The van der Waals surface area contributed by atoms with Crippen molar-refractivity contribution in [2.75, 3.05) is 19.7 Å². The third-order valence-corrected chi connectivity index (χ3v) is 4.66. The van der Waals surface area contributed by atoms with Crippen molar-refractivity contribution in [3.63, 3.8) is 0 Å². The molecule has 0 bridgehead atoms.